The first-order chi connectivity index (χ1) is 23.3. The van der Waals surface area contributed by atoms with Gasteiger partial charge >= 0.3 is 0 Å². The van der Waals surface area contributed by atoms with Crippen LogP contribution in [0.5, 0.6) is 0 Å². The Morgan fingerprint density at radius 1 is 0.426 bits per heavy atom. The molecule has 0 bridgehead atoms. The van der Waals surface area contributed by atoms with Crippen LogP contribution in [0.1, 0.15) is 22.3 Å². The quantitative estimate of drug-likeness (QED) is 0.184. The average Bonchev–Trinajstić information content (AvgIpc) is 3.60. The molecule has 7 aromatic carbocycles. The molecule has 7 aromatic rings. The highest BCUT2D eigenvalue weighted by Gasteiger charge is 2.61. The molecule has 1 spiro atoms. The Morgan fingerprint density at radius 3 is 1.36 bits per heavy atom. The van der Waals surface area contributed by atoms with E-state index in [4.69, 9.17) is 0 Å². The van der Waals surface area contributed by atoms with E-state index < -0.39 is 5.41 Å². The first-order valence-corrected chi connectivity index (χ1v) is 16.3. The first-order valence-electron chi connectivity index (χ1n) is 16.3. The molecule has 2 aliphatic carbocycles. The lowest BCUT2D eigenvalue weighted by Crippen LogP contribution is -2.67. The summed E-state index contributed by atoms with van der Waals surface area (Å²) < 4.78 is 16.1. The number of benzene rings is 7. The molecule has 47 heavy (non-hydrogen) atoms. The van der Waals surface area contributed by atoms with Gasteiger partial charge < -0.3 is 9.80 Å². The van der Waals surface area contributed by atoms with Gasteiger partial charge in [-0.15, -0.1) is 0 Å². The molecular formula is C43H24BFN2. The minimum absolute atomic E-state index is 0.0350. The molecule has 4 heteroatoms. The van der Waals surface area contributed by atoms with Crippen molar-refractivity contribution >= 4 is 57.2 Å². The van der Waals surface area contributed by atoms with Crippen molar-refractivity contribution < 1.29 is 4.39 Å². The Kier molecular flexibility index (Phi) is 4.20. The van der Waals surface area contributed by atoms with Gasteiger partial charge in [-0.1, -0.05) is 97.1 Å². The zero-order chi connectivity index (χ0) is 30.6. The number of hydrogen-bond donors (Lipinski definition) is 0. The van der Waals surface area contributed by atoms with Gasteiger partial charge in [0.05, 0.1) is 5.41 Å². The fourth-order valence-corrected chi connectivity index (χ4v) is 10.0. The van der Waals surface area contributed by atoms with Gasteiger partial charge in [0.1, 0.15) is 5.82 Å². The topological polar surface area (TPSA) is 6.48 Å². The molecule has 0 radical (unpaired) electrons. The zero-order valence-corrected chi connectivity index (χ0v) is 25.2. The van der Waals surface area contributed by atoms with Crippen molar-refractivity contribution in [1.29, 1.82) is 0 Å². The van der Waals surface area contributed by atoms with Crippen molar-refractivity contribution in [2.75, 3.05) is 9.80 Å². The average molecular weight is 598 g/mol. The first kappa shape index (κ1) is 24.4. The maximum absolute atomic E-state index is 16.1. The molecule has 12 rings (SSSR count). The largest absolute Gasteiger partial charge is 0.311 e. The number of anilines is 6. The van der Waals surface area contributed by atoms with Crippen LogP contribution in [0.4, 0.5) is 38.5 Å². The van der Waals surface area contributed by atoms with Crippen LogP contribution in [-0.4, -0.2) is 6.71 Å². The minimum Gasteiger partial charge on any atom is -0.311 e. The van der Waals surface area contributed by atoms with E-state index in [1.165, 1.54) is 60.9 Å². The molecule has 216 valence electrons. The van der Waals surface area contributed by atoms with E-state index >= 15 is 4.39 Å². The van der Waals surface area contributed by atoms with Gasteiger partial charge in [-0.3, -0.25) is 0 Å². The zero-order valence-electron chi connectivity index (χ0n) is 25.2. The highest BCUT2D eigenvalue weighted by molar-refractivity contribution is 7.01. The SMILES string of the molecule is Fc1cc2c3c(c1)N(c1ccccc1)c1ccc4c5c1B3c1c(ccc3c1C5(c1ccccc1-3)c1ccccc1-4)N2c1ccccc1. The number of hydrogen-bond acceptors (Lipinski definition) is 2. The van der Waals surface area contributed by atoms with E-state index in [2.05, 4.69) is 131 Å². The van der Waals surface area contributed by atoms with Gasteiger partial charge in [-0.25, -0.2) is 4.39 Å². The second-order valence-electron chi connectivity index (χ2n) is 13.3. The summed E-state index contributed by atoms with van der Waals surface area (Å²) in [6.07, 6.45) is 0. The van der Waals surface area contributed by atoms with Gasteiger partial charge in [-0.05, 0) is 109 Å². The number of para-hydroxylation sites is 2. The molecule has 0 fully saturated rings. The van der Waals surface area contributed by atoms with Crippen LogP contribution in [0.25, 0.3) is 22.3 Å². The molecule has 0 saturated carbocycles. The van der Waals surface area contributed by atoms with Crippen molar-refractivity contribution in [3.05, 3.63) is 174 Å². The van der Waals surface area contributed by atoms with Crippen molar-refractivity contribution in [3.63, 3.8) is 0 Å². The van der Waals surface area contributed by atoms with Crippen LogP contribution in [0.2, 0.25) is 0 Å². The summed E-state index contributed by atoms with van der Waals surface area (Å²) >= 11 is 0. The molecular weight excluding hydrogens is 574 g/mol. The summed E-state index contributed by atoms with van der Waals surface area (Å²) in [6, 6.07) is 51.8. The smallest absolute Gasteiger partial charge is 0.253 e. The van der Waals surface area contributed by atoms with Gasteiger partial charge in [0.25, 0.3) is 6.71 Å². The molecule has 5 aliphatic rings. The molecule has 3 aliphatic heterocycles. The summed E-state index contributed by atoms with van der Waals surface area (Å²) in [6.45, 7) is -0.0350. The number of nitrogens with zero attached hydrogens (tertiary/aromatic N) is 2. The Labute approximate surface area is 272 Å². The van der Waals surface area contributed by atoms with Crippen molar-refractivity contribution in [3.8, 4) is 22.3 Å². The number of fused-ring (bicyclic) bond motifs is 4. The predicted molar refractivity (Wildman–Crippen MR) is 190 cm³/mol. The minimum atomic E-state index is -0.440. The number of halogens is 1. The van der Waals surface area contributed by atoms with Crippen molar-refractivity contribution in [2.45, 2.75) is 5.41 Å². The molecule has 0 saturated heterocycles. The highest BCUT2D eigenvalue weighted by Crippen LogP contribution is 2.65. The molecule has 0 aromatic heterocycles. The Morgan fingerprint density at radius 2 is 0.872 bits per heavy atom. The van der Waals surface area contributed by atoms with Crippen LogP contribution in [0.3, 0.4) is 0 Å². The van der Waals surface area contributed by atoms with Gasteiger partial charge in [0, 0.05) is 34.1 Å². The van der Waals surface area contributed by atoms with Crippen molar-refractivity contribution in [2.24, 2.45) is 0 Å². The molecule has 0 N–H and O–H groups in total. The summed E-state index contributed by atoms with van der Waals surface area (Å²) in [5.74, 6) is -0.236. The Hall–Kier alpha value is -5.87. The molecule has 2 nitrogen and oxygen atoms in total. The maximum atomic E-state index is 16.1. The van der Waals surface area contributed by atoms with Crippen LogP contribution >= 0.6 is 0 Å². The summed E-state index contributed by atoms with van der Waals surface area (Å²) in [7, 11) is 0. The second kappa shape index (κ2) is 8.10. The third kappa shape index (κ3) is 2.59. The number of rotatable bonds is 2. The maximum Gasteiger partial charge on any atom is 0.253 e. The van der Waals surface area contributed by atoms with E-state index in [1.54, 1.807) is 12.1 Å². The van der Waals surface area contributed by atoms with Gasteiger partial charge in [0.2, 0.25) is 0 Å². The van der Waals surface area contributed by atoms with Crippen molar-refractivity contribution in [1.82, 2.24) is 0 Å². The lowest BCUT2D eigenvalue weighted by molar-refractivity contribution is 0.628. The van der Waals surface area contributed by atoms with E-state index in [1.807, 2.05) is 12.1 Å². The van der Waals surface area contributed by atoms with Crippen LogP contribution in [-0.2, 0) is 5.41 Å². The fraction of sp³-hybridized carbons (Fsp3) is 0.0233. The molecule has 0 amide bonds. The summed E-state index contributed by atoms with van der Waals surface area (Å²) in [5, 5.41) is 0. The third-order valence-electron chi connectivity index (χ3n) is 11.4. The van der Waals surface area contributed by atoms with E-state index in [0.29, 0.717) is 0 Å². The lowest BCUT2D eigenvalue weighted by atomic mass is 9.28. The molecule has 3 heterocycles. The van der Waals surface area contributed by atoms with E-state index in [-0.39, 0.29) is 12.5 Å². The van der Waals surface area contributed by atoms with E-state index in [9.17, 15) is 0 Å². The normalized spacial score (nSPS) is 15.4. The fourth-order valence-electron chi connectivity index (χ4n) is 10.0. The van der Waals surface area contributed by atoms with E-state index in [0.717, 1.165) is 34.1 Å². The van der Waals surface area contributed by atoms with Gasteiger partial charge in [0.15, 0.2) is 0 Å². The summed E-state index contributed by atoms with van der Waals surface area (Å²) in [5.41, 5.74) is 20.3. The second-order valence-corrected chi connectivity index (χ2v) is 13.3. The van der Waals surface area contributed by atoms with Crippen LogP contribution in [0, 0.1) is 5.82 Å². The van der Waals surface area contributed by atoms with Gasteiger partial charge in [-0.2, -0.15) is 0 Å². The molecule has 0 unspecified atom stereocenters. The Bertz CT molecular complexity index is 2390. The lowest BCUT2D eigenvalue weighted by Gasteiger charge is -2.50. The monoisotopic (exact) mass is 598 g/mol. The standard InChI is InChI=1S/C43H24BFN2/c45-25-23-36-40-37(24-25)47(27-13-5-2-6-14-27)35-22-20-31-29-16-8-10-18-33(29)43-32-17-9-7-15-28(32)30-19-21-34(46(36)26-11-3-1-4-12-26)41(38(30)43)44(40)42(35)39(31)43/h1-24H. The molecule has 0 atom stereocenters. The third-order valence-corrected chi connectivity index (χ3v) is 11.4. The summed E-state index contributed by atoms with van der Waals surface area (Å²) in [4.78, 5) is 4.63. The Balaban J connectivity index is 1.34. The highest BCUT2D eigenvalue weighted by atomic mass is 19.1. The predicted octanol–water partition coefficient (Wildman–Crippen LogP) is 8.57. The van der Waals surface area contributed by atoms with Crippen LogP contribution < -0.4 is 26.2 Å². The van der Waals surface area contributed by atoms with Crippen LogP contribution in [0.15, 0.2) is 146 Å².